The average Bonchev–Trinajstić information content (AvgIpc) is 3.47. The molecule has 3 aromatic heterocycles. The maximum Gasteiger partial charge on any atom is 0.235 e. The molecule has 1 aliphatic carbocycles. The second-order valence-electron chi connectivity index (χ2n) is 8.56. The molecule has 2 N–H and O–H groups in total. The Kier molecular flexibility index (Phi) is 5.14. The number of pyridine rings is 3. The molecule has 3 aromatic rings. The van der Waals surface area contributed by atoms with Gasteiger partial charge in [0.05, 0.1) is 59.4 Å². The topological polar surface area (TPSA) is 98.3 Å². The number of hydrogen-bond donors (Lipinski definition) is 2. The summed E-state index contributed by atoms with van der Waals surface area (Å²) in [5.74, 6) is 1.09. The average molecular weight is 480 g/mol. The highest BCUT2D eigenvalue weighted by Crippen LogP contribution is 2.55. The molecule has 1 amide bonds. The number of nitrogens with one attached hydrogen (secondary N) is 2. The number of carbonyl (C=O) groups is 1. The number of thioether (sulfide) groups is 1. The van der Waals surface area contributed by atoms with Crippen LogP contribution in [0.3, 0.4) is 0 Å². The number of amides is 1. The van der Waals surface area contributed by atoms with Crippen LogP contribution in [0.15, 0.2) is 46.6 Å². The van der Waals surface area contributed by atoms with E-state index in [-0.39, 0.29) is 17.3 Å². The second-order valence-corrected chi connectivity index (χ2v) is 9.58. The number of anilines is 1. The SMILES string of the molecule is COc1ccc2ncc(F)c(CCC34CC3=C(NCc3ccc5c(n3)NC(=O)CS5)CO4)c2n1. The van der Waals surface area contributed by atoms with Gasteiger partial charge in [-0.1, -0.05) is 0 Å². The van der Waals surface area contributed by atoms with Crippen molar-refractivity contribution >= 4 is 34.5 Å². The van der Waals surface area contributed by atoms with Crippen molar-refractivity contribution in [1.82, 2.24) is 20.3 Å². The third-order valence-electron chi connectivity index (χ3n) is 6.49. The fraction of sp³-hybridized carbons (Fsp3) is 0.333. The van der Waals surface area contributed by atoms with Crippen molar-refractivity contribution in [2.45, 2.75) is 36.3 Å². The van der Waals surface area contributed by atoms with Gasteiger partial charge in [0.15, 0.2) is 0 Å². The van der Waals surface area contributed by atoms with Gasteiger partial charge in [-0.05, 0) is 36.6 Å². The molecule has 1 unspecified atom stereocenters. The van der Waals surface area contributed by atoms with Gasteiger partial charge in [-0.15, -0.1) is 11.8 Å². The fourth-order valence-electron chi connectivity index (χ4n) is 4.58. The summed E-state index contributed by atoms with van der Waals surface area (Å²) in [6, 6.07) is 7.47. The Hall–Kier alpha value is -3.24. The Morgan fingerprint density at radius 2 is 2.21 bits per heavy atom. The highest BCUT2D eigenvalue weighted by Gasteiger charge is 2.55. The van der Waals surface area contributed by atoms with Gasteiger partial charge in [-0.2, -0.15) is 0 Å². The van der Waals surface area contributed by atoms with Gasteiger partial charge >= 0.3 is 0 Å². The van der Waals surface area contributed by atoms with Crippen LogP contribution in [-0.2, 0) is 22.5 Å². The molecule has 1 saturated carbocycles. The van der Waals surface area contributed by atoms with Crippen molar-refractivity contribution in [3.8, 4) is 5.88 Å². The molecule has 2 aliphatic heterocycles. The van der Waals surface area contributed by atoms with E-state index in [1.165, 1.54) is 30.6 Å². The minimum absolute atomic E-state index is 0.0287. The highest BCUT2D eigenvalue weighted by atomic mass is 32.2. The smallest absolute Gasteiger partial charge is 0.235 e. The summed E-state index contributed by atoms with van der Waals surface area (Å²) in [6.45, 7) is 1.04. The summed E-state index contributed by atoms with van der Waals surface area (Å²) in [4.78, 5) is 25.8. The van der Waals surface area contributed by atoms with Crippen LogP contribution < -0.4 is 15.4 Å². The molecule has 34 heavy (non-hydrogen) atoms. The molecule has 3 aliphatic rings. The Morgan fingerprint density at radius 1 is 1.29 bits per heavy atom. The highest BCUT2D eigenvalue weighted by molar-refractivity contribution is 8.00. The molecule has 1 fully saturated rings. The molecule has 6 rings (SSSR count). The van der Waals surface area contributed by atoms with Gasteiger partial charge in [-0.25, -0.2) is 14.4 Å². The predicted molar refractivity (Wildman–Crippen MR) is 125 cm³/mol. The molecule has 0 aromatic carbocycles. The van der Waals surface area contributed by atoms with Gasteiger partial charge in [0.25, 0.3) is 0 Å². The Balaban J connectivity index is 1.14. The van der Waals surface area contributed by atoms with E-state index < -0.39 is 0 Å². The molecule has 0 bridgehead atoms. The van der Waals surface area contributed by atoms with E-state index in [1.807, 2.05) is 12.1 Å². The lowest BCUT2D eigenvalue weighted by molar-refractivity contribution is -0.113. The van der Waals surface area contributed by atoms with E-state index in [0.29, 0.717) is 60.0 Å². The number of aryl methyl sites for hydroxylation is 1. The summed E-state index contributed by atoms with van der Waals surface area (Å²) in [5.41, 5.74) is 4.52. The monoisotopic (exact) mass is 479 g/mol. The Labute approximate surface area is 199 Å². The molecule has 0 saturated heterocycles. The van der Waals surface area contributed by atoms with Crippen molar-refractivity contribution in [3.63, 3.8) is 0 Å². The largest absolute Gasteiger partial charge is 0.481 e. The summed E-state index contributed by atoms with van der Waals surface area (Å²) in [6.07, 6.45) is 3.25. The molecule has 5 heterocycles. The first kappa shape index (κ1) is 21.3. The Bertz CT molecular complexity index is 1360. The normalized spacial score (nSPS) is 20.7. The number of methoxy groups -OCH3 is 1. The third kappa shape index (κ3) is 3.76. The summed E-state index contributed by atoms with van der Waals surface area (Å²) in [7, 11) is 1.54. The van der Waals surface area contributed by atoms with E-state index in [4.69, 9.17) is 9.47 Å². The van der Waals surface area contributed by atoms with Crippen molar-refractivity contribution < 1.29 is 18.7 Å². The maximum atomic E-state index is 14.7. The van der Waals surface area contributed by atoms with Crippen LogP contribution in [0.25, 0.3) is 11.0 Å². The molecule has 174 valence electrons. The zero-order chi connectivity index (χ0) is 23.3. The van der Waals surface area contributed by atoms with Crippen LogP contribution >= 0.6 is 11.8 Å². The van der Waals surface area contributed by atoms with Crippen molar-refractivity contribution in [3.05, 3.63) is 58.8 Å². The van der Waals surface area contributed by atoms with Crippen LogP contribution in [0.5, 0.6) is 5.88 Å². The van der Waals surface area contributed by atoms with E-state index in [0.717, 1.165) is 22.7 Å². The number of rotatable bonds is 7. The number of aromatic nitrogens is 3. The van der Waals surface area contributed by atoms with Gasteiger partial charge < -0.3 is 20.1 Å². The van der Waals surface area contributed by atoms with Crippen LogP contribution in [-0.4, -0.2) is 45.9 Å². The molecule has 0 radical (unpaired) electrons. The quantitative estimate of drug-likeness (QED) is 0.532. The number of carbonyl (C=O) groups excluding carboxylic acids is 1. The standard InChI is InChI=1S/C24H22FN5O3S/c1-32-21-5-3-17-22(30-21)14(16(25)10-27-17)6-7-24-8-15(24)18(11-33-24)26-9-13-2-4-19-23(28-13)29-20(31)12-34-19/h2-5,10,26H,6-9,11-12H2,1H3,(H,28,29,31). The molecule has 8 nitrogen and oxygen atoms in total. The molecule has 10 heteroatoms. The van der Waals surface area contributed by atoms with E-state index in [9.17, 15) is 9.18 Å². The number of ether oxygens (including phenoxy) is 2. The first-order valence-corrected chi connectivity index (χ1v) is 12.0. The number of hydrogen-bond acceptors (Lipinski definition) is 8. The van der Waals surface area contributed by atoms with Crippen LogP contribution in [0, 0.1) is 5.82 Å². The summed E-state index contributed by atoms with van der Waals surface area (Å²) < 4.78 is 26.0. The minimum Gasteiger partial charge on any atom is -0.481 e. The summed E-state index contributed by atoms with van der Waals surface area (Å²) in [5, 5.41) is 6.27. The fourth-order valence-corrected chi connectivity index (χ4v) is 5.34. The van der Waals surface area contributed by atoms with Crippen LogP contribution in [0.1, 0.15) is 24.1 Å². The number of nitrogens with zero attached hydrogens (tertiary/aromatic N) is 3. The van der Waals surface area contributed by atoms with Crippen molar-refractivity contribution in [2.24, 2.45) is 0 Å². The van der Waals surface area contributed by atoms with Gasteiger partial charge in [0, 0.05) is 23.7 Å². The van der Waals surface area contributed by atoms with Crippen LogP contribution in [0.2, 0.25) is 0 Å². The summed E-state index contributed by atoms with van der Waals surface area (Å²) >= 11 is 1.50. The van der Waals surface area contributed by atoms with E-state index in [2.05, 4.69) is 25.6 Å². The van der Waals surface area contributed by atoms with Gasteiger partial charge in [0.2, 0.25) is 11.8 Å². The lowest BCUT2D eigenvalue weighted by Crippen LogP contribution is -2.21. The first-order valence-electron chi connectivity index (χ1n) is 11.1. The Morgan fingerprint density at radius 3 is 3.06 bits per heavy atom. The predicted octanol–water partition coefficient (Wildman–Crippen LogP) is 3.37. The third-order valence-corrected chi connectivity index (χ3v) is 7.53. The van der Waals surface area contributed by atoms with E-state index >= 15 is 0 Å². The van der Waals surface area contributed by atoms with E-state index in [1.54, 1.807) is 12.1 Å². The zero-order valence-electron chi connectivity index (χ0n) is 18.5. The minimum atomic E-state index is -0.365. The van der Waals surface area contributed by atoms with Crippen LogP contribution in [0.4, 0.5) is 10.2 Å². The lowest BCUT2D eigenvalue weighted by Gasteiger charge is -2.16. The molecular weight excluding hydrogens is 457 g/mol. The number of halogens is 1. The van der Waals surface area contributed by atoms with Gasteiger partial charge in [0.1, 0.15) is 11.6 Å². The van der Waals surface area contributed by atoms with Crippen molar-refractivity contribution in [1.29, 1.82) is 0 Å². The molecule has 0 spiro atoms. The zero-order valence-corrected chi connectivity index (χ0v) is 19.3. The van der Waals surface area contributed by atoms with Crippen molar-refractivity contribution in [2.75, 3.05) is 24.8 Å². The molecule has 1 atom stereocenters. The molecular formula is C24H22FN5O3S. The maximum absolute atomic E-state index is 14.7. The number of fused-ring (bicyclic) bond motifs is 3. The second kappa shape index (κ2) is 8.21. The first-order chi connectivity index (χ1) is 16.5. The van der Waals surface area contributed by atoms with Gasteiger partial charge in [-0.3, -0.25) is 9.78 Å². The lowest BCUT2D eigenvalue weighted by atomic mass is 10.0.